The van der Waals surface area contributed by atoms with E-state index < -0.39 is 0 Å². The second kappa shape index (κ2) is 5.76. The average molecular weight is 282 g/mol. The molecule has 0 saturated carbocycles. The van der Waals surface area contributed by atoms with Gasteiger partial charge in [0, 0.05) is 39.3 Å². The van der Waals surface area contributed by atoms with E-state index in [1.165, 1.54) is 22.4 Å². The topological polar surface area (TPSA) is 23.6 Å². The van der Waals surface area contributed by atoms with E-state index in [1.54, 1.807) is 11.8 Å². The Labute approximate surface area is 126 Å². The third-order valence-electron chi connectivity index (χ3n) is 4.43. The minimum Gasteiger partial charge on any atom is -0.371 e. The number of nitrogens with zero attached hydrogens (tertiary/aromatic N) is 2. The van der Waals surface area contributed by atoms with Gasteiger partial charge in [0.1, 0.15) is 0 Å². The van der Waals surface area contributed by atoms with Crippen LogP contribution in [-0.4, -0.2) is 35.8 Å². The van der Waals surface area contributed by atoms with Crippen LogP contribution in [0.4, 0.5) is 0 Å². The van der Waals surface area contributed by atoms with E-state index >= 15 is 0 Å². The summed E-state index contributed by atoms with van der Waals surface area (Å²) in [6, 6.07) is 6.69. The van der Waals surface area contributed by atoms with Crippen LogP contribution in [0, 0.1) is 0 Å². The number of hydrogen-bond donors (Lipinski definition) is 0. The first kappa shape index (κ1) is 13.9. The van der Waals surface area contributed by atoms with Gasteiger partial charge in [0.05, 0.1) is 0 Å². The van der Waals surface area contributed by atoms with E-state index in [9.17, 15) is 4.79 Å². The van der Waals surface area contributed by atoms with E-state index in [0.717, 1.165) is 25.9 Å². The first-order valence-electron chi connectivity index (χ1n) is 7.59. The molecule has 1 heterocycles. The van der Waals surface area contributed by atoms with Crippen LogP contribution in [0.2, 0.25) is 0 Å². The highest BCUT2D eigenvalue weighted by atomic mass is 16.2. The Balaban J connectivity index is 1.72. The molecule has 0 N–H and O–H groups in total. The van der Waals surface area contributed by atoms with Crippen LogP contribution < -0.4 is 0 Å². The van der Waals surface area contributed by atoms with Gasteiger partial charge in [-0.1, -0.05) is 24.3 Å². The number of carbonyl (C=O) groups excluding carboxylic acids is 1. The van der Waals surface area contributed by atoms with Gasteiger partial charge in [-0.15, -0.1) is 0 Å². The van der Waals surface area contributed by atoms with Crippen molar-refractivity contribution in [2.24, 2.45) is 0 Å². The number of amides is 1. The molecule has 1 amide bonds. The molecule has 2 aliphatic rings. The van der Waals surface area contributed by atoms with E-state index in [4.69, 9.17) is 0 Å². The van der Waals surface area contributed by atoms with Gasteiger partial charge in [-0.2, -0.15) is 0 Å². The highest BCUT2D eigenvalue weighted by molar-refractivity contribution is 5.72. The Kier molecular flexibility index (Phi) is 3.82. The summed E-state index contributed by atoms with van der Waals surface area (Å²) in [6.45, 7) is 4.48. The maximum atomic E-state index is 11.4. The summed E-state index contributed by atoms with van der Waals surface area (Å²) in [5.41, 5.74) is 5.48. The zero-order chi connectivity index (χ0) is 14.8. The van der Waals surface area contributed by atoms with Gasteiger partial charge in [0.25, 0.3) is 0 Å². The van der Waals surface area contributed by atoms with Crippen molar-refractivity contribution in [1.29, 1.82) is 0 Å². The summed E-state index contributed by atoms with van der Waals surface area (Å²) in [6.07, 6.45) is 8.65. The monoisotopic (exact) mass is 282 g/mol. The highest BCUT2D eigenvalue weighted by Gasteiger charge is 2.16. The fourth-order valence-electron chi connectivity index (χ4n) is 2.91. The Hall–Kier alpha value is -2.03. The predicted octanol–water partition coefficient (Wildman–Crippen LogP) is 2.52. The molecule has 0 saturated heterocycles. The Morgan fingerprint density at radius 2 is 1.95 bits per heavy atom. The SMILES string of the molecule is CC(=O)N(C)Cc1ccc2c(c1)CCN(C1=CC=C1)CC2. The van der Waals surface area contributed by atoms with Crippen LogP contribution in [0.3, 0.4) is 0 Å². The molecule has 1 aliphatic heterocycles. The van der Waals surface area contributed by atoms with E-state index in [1.807, 2.05) is 7.05 Å². The lowest BCUT2D eigenvalue weighted by atomic mass is 10.00. The third kappa shape index (κ3) is 3.02. The molecule has 1 aromatic rings. The summed E-state index contributed by atoms with van der Waals surface area (Å²) in [5, 5.41) is 0. The summed E-state index contributed by atoms with van der Waals surface area (Å²) >= 11 is 0. The predicted molar refractivity (Wildman–Crippen MR) is 84.8 cm³/mol. The van der Waals surface area contributed by atoms with Crippen LogP contribution in [-0.2, 0) is 24.2 Å². The maximum Gasteiger partial charge on any atom is 0.219 e. The van der Waals surface area contributed by atoms with E-state index in [2.05, 4.69) is 41.3 Å². The van der Waals surface area contributed by atoms with Gasteiger partial charge in [0.15, 0.2) is 0 Å². The smallest absolute Gasteiger partial charge is 0.219 e. The van der Waals surface area contributed by atoms with E-state index in [-0.39, 0.29) is 5.91 Å². The normalized spacial score (nSPS) is 16.7. The summed E-state index contributed by atoms with van der Waals surface area (Å²) in [7, 11) is 1.85. The summed E-state index contributed by atoms with van der Waals surface area (Å²) < 4.78 is 0. The van der Waals surface area contributed by atoms with Crippen molar-refractivity contribution in [3.63, 3.8) is 0 Å². The van der Waals surface area contributed by atoms with Gasteiger partial charge >= 0.3 is 0 Å². The van der Waals surface area contributed by atoms with Gasteiger partial charge in [-0.25, -0.2) is 0 Å². The molecule has 3 heteroatoms. The molecule has 0 bridgehead atoms. The molecule has 0 aromatic heterocycles. The van der Waals surface area contributed by atoms with Crippen molar-refractivity contribution in [3.8, 4) is 0 Å². The lowest BCUT2D eigenvalue weighted by molar-refractivity contribution is -0.128. The van der Waals surface area contributed by atoms with Gasteiger partial charge < -0.3 is 9.80 Å². The third-order valence-corrected chi connectivity index (χ3v) is 4.43. The van der Waals surface area contributed by atoms with Crippen LogP contribution in [0.5, 0.6) is 0 Å². The number of carbonyl (C=O) groups is 1. The van der Waals surface area contributed by atoms with Gasteiger partial charge in [-0.3, -0.25) is 4.79 Å². The molecule has 21 heavy (non-hydrogen) atoms. The van der Waals surface area contributed by atoms with Crippen molar-refractivity contribution in [3.05, 3.63) is 58.8 Å². The Morgan fingerprint density at radius 3 is 2.57 bits per heavy atom. The van der Waals surface area contributed by atoms with Crippen molar-refractivity contribution in [2.75, 3.05) is 20.1 Å². The molecular weight excluding hydrogens is 260 g/mol. The van der Waals surface area contributed by atoms with Crippen molar-refractivity contribution in [2.45, 2.75) is 26.3 Å². The van der Waals surface area contributed by atoms with Crippen LogP contribution in [0.1, 0.15) is 23.6 Å². The van der Waals surface area contributed by atoms with Crippen LogP contribution in [0.25, 0.3) is 0 Å². The quantitative estimate of drug-likeness (QED) is 0.850. The molecule has 0 fully saturated rings. The van der Waals surface area contributed by atoms with Crippen molar-refractivity contribution in [1.82, 2.24) is 9.80 Å². The lowest BCUT2D eigenvalue weighted by Crippen LogP contribution is -2.26. The molecule has 0 unspecified atom stereocenters. The molecule has 0 spiro atoms. The number of fused-ring (bicyclic) bond motifs is 1. The molecule has 3 rings (SSSR count). The standard InChI is InChI=1S/C18H22N2O/c1-14(21)19(2)13-15-6-7-16-8-10-20(18-4-3-5-18)11-9-17(16)12-15/h3-7,12H,8-11,13H2,1-2H3. The maximum absolute atomic E-state index is 11.4. The molecule has 3 nitrogen and oxygen atoms in total. The largest absolute Gasteiger partial charge is 0.371 e. The zero-order valence-electron chi connectivity index (χ0n) is 12.8. The minimum absolute atomic E-state index is 0.111. The summed E-state index contributed by atoms with van der Waals surface area (Å²) in [4.78, 5) is 15.6. The number of rotatable bonds is 3. The van der Waals surface area contributed by atoms with Crippen LogP contribution >= 0.6 is 0 Å². The zero-order valence-corrected chi connectivity index (χ0v) is 12.8. The van der Waals surface area contributed by atoms with Crippen molar-refractivity contribution >= 4 is 5.91 Å². The first-order valence-corrected chi connectivity index (χ1v) is 7.59. The summed E-state index contributed by atoms with van der Waals surface area (Å²) in [5.74, 6) is 0.111. The second-order valence-corrected chi connectivity index (χ2v) is 5.92. The number of benzene rings is 1. The molecule has 1 aromatic carbocycles. The number of hydrogen-bond acceptors (Lipinski definition) is 2. The molecule has 0 radical (unpaired) electrons. The van der Waals surface area contributed by atoms with Gasteiger partial charge in [0.2, 0.25) is 5.91 Å². The average Bonchev–Trinajstić information content (AvgIpc) is 2.60. The Morgan fingerprint density at radius 1 is 1.24 bits per heavy atom. The second-order valence-electron chi connectivity index (χ2n) is 5.92. The van der Waals surface area contributed by atoms with Crippen LogP contribution in [0.15, 0.2) is 42.1 Å². The highest BCUT2D eigenvalue weighted by Crippen LogP contribution is 2.22. The fourth-order valence-corrected chi connectivity index (χ4v) is 2.91. The first-order chi connectivity index (χ1) is 10.1. The Bertz CT molecular complexity index is 616. The lowest BCUT2D eigenvalue weighted by Gasteiger charge is -2.26. The van der Waals surface area contributed by atoms with Crippen molar-refractivity contribution < 1.29 is 4.79 Å². The molecule has 0 atom stereocenters. The molecular formula is C18H22N2O. The molecule has 1 aliphatic carbocycles. The minimum atomic E-state index is 0.111. The van der Waals surface area contributed by atoms with E-state index in [0.29, 0.717) is 6.54 Å². The van der Waals surface area contributed by atoms with Gasteiger partial charge in [-0.05, 0) is 41.7 Å². The molecule has 110 valence electrons. The number of allylic oxidation sites excluding steroid dienone is 3. The fraction of sp³-hybridized carbons (Fsp3) is 0.389.